The third kappa shape index (κ3) is 1.67. The van der Waals surface area contributed by atoms with Crippen LogP contribution in [0.4, 0.5) is 10.5 Å². The lowest BCUT2D eigenvalue weighted by atomic mass is 10.1. The normalized spacial score (nSPS) is 10.1. The number of anilines is 1. The highest BCUT2D eigenvalue weighted by Gasteiger charge is 2.04. The number of nitrogens with one attached hydrogen (secondary N) is 2. The van der Waals surface area contributed by atoms with Crippen molar-refractivity contribution in [3.05, 3.63) is 40.8 Å². The van der Waals surface area contributed by atoms with Gasteiger partial charge in [0.2, 0.25) is 0 Å². The monoisotopic (exact) mass is 203 g/mol. The van der Waals surface area contributed by atoms with Crippen LogP contribution in [0.3, 0.4) is 0 Å². The number of nitrogens with two attached hydrogens (primary N) is 1. The Morgan fingerprint density at radius 2 is 1.93 bits per heavy atom. The van der Waals surface area contributed by atoms with Crippen LogP contribution in [0.2, 0.25) is 0 Å². The van der Waals surface area contributed by atoms with Crippen LogP contribution < -0.4 is 16.6 Å². The third-order valence-electron chi connectivity index (χ3n) is 2.07. The molecule has 2 amide bonds. The molecule has 0 saturated carbocycles. The molecule has 0 radical (unpaired) electrons. The van der Waals surface area contributed by atoms with E-state index in [2.05, 4.69) is 10.3 Å². The smallest absolute Gasteiger partial charge is 0.316 e. The van der Waals surface area contributed by atoms with Gasteiger partial charge in [0.25, 0.3) is 5.56 Å². The van der Waals surface area contributed by atoms with E-state index in [4.69, 9.17) is 5.73 Å². The largest absolute Gasteiger partial charge is 0.351 e. The maximum atomic E-state index is 11.4. The first kappa shape index (κ1) is 9.26. The number of hydrogen-bond donors (Lipinski definition) is 3. The molecule has 2 aromatic rings. The SMILES string of the molecule is NC(=O)Nc1c[nH]c(=O)c2ccccc12. The zero-order valence-corrected chi connectivity index (χ0v) is 7.78. The molecular formula is C10H9N3O2. The molecule has 1 aromatic heterocycles. The second kappa shape index (κ2) is 3.45. The van der Waals surface area contributed by atoms with Crippen molar-refractivity contribution in [2.24, 2.45) is 5.73 Å². The van der Waals surface area contributed by atoms with Crippen molar-refractivity contribution in [3.63, 3.8) is 0 Å². The topological polar surface area (TPSA) is 88.0 Å². The lowest BCUT2D eigenvalue weighted by Gasteiger charge is -2.05. The molecule has 0 fully saturated rings. The molecule has 0 aliphatic rings. The summed E-state index contributed by atoms with van der Waals surface area (Å²) in [6, 6.07) is 6.31. The number of pyridine rings is 1. The molecule has 0 spiro atoms. The highest BCUT2D eigenvalue weighted by atomic mass is 16.2. The van der Waals surface area contributed by atoms with E-state index in [1.807, 2.05) is 0 Å². The Balaban J connectivity index is 2.71. The van der Waals surface area contributed by atoms with E-state index in [0.717, 1.165) is 0 Å². The van der Waals surface area contributed by atoms with Crippen LogP contribution >= 0.6 is 0 Å². The van der Waals surface area contributed by atoms with Gasteiger partial charge >= 0.3 is 6.03 Å². The fourth-order valence-electron chi connectivity index (χ4n) is 1.45. The quantitative estimate of drug-likeness (QED) is 0.646. The summed E-state index contributed by atoms with van der Waals surface area (Å²) in [6.45, 7) is 0. The van der Waals surface area contributed by atoms with Crippen LogP contribution in [-0.2, 0) is 0 Å². The van der Waals surface area contributed by atoms with Gasteiger partial charge in [0, 0.05) is 17.0 Å². The van der Waals surface area contributed by atoms with Gasteiger partial charge in [-0.2, -0.15) is 0 Å². The van der Waals surface area contributed by atoms with Crippen molar-refractivity contribution in [1.82, 2.24) is 4.98 Å². The number of rotatable bonds is 1. The van der Waals surface area contributed by atoms with Gasteiger partial charge < -0.3 is 16.0 Å². The van der Waals surface area contributed by atoms with Crippen molar-refractivity contribution in [3.8, 4) is 0 Å². The lowest BCUT2D eigenvalue weighted by molar-refractivity contribution is 0.259. The Bertz CT molecular complexity index is 574. The van der Waals surface area contributed by atoms with E-state index in [1.54, 1.807) is 24.3 Å². The summed E-state index contributed by atoms with van der Waals surface area (Å²) in [5.74, 6) is 0. The molecule has 1 heterocycles. The van der Waals surface area contributed by atoms with Crippen LogP contribution in [0.25, 0.3) is 10.8 Å². The van der Waals surface area contributed by atoms with Gasteiger partial charge in [0.05, 0.1) is 5.69 Å². The van der Waals surface area contributed by atoms with Crippen LogP contribution in [-0.4, -0.2) is 11.0 Å². The molecule has 5 heteroatoms. The molecular weight excluding hydrogens is 194 g/mol. The van der Waals surface area contributed by atoms with Crippen molar-refractivity contribution >= 4 is 22.5 Å². The number of primary amides is 1. The van der Waals surface area contributed by atoms with E-state index in [0.29, 0.717) is 16.5 Å². The minimum atomic E-state index is -0.660. The molecule has 4 N–H and O–H groups in total. The molecule has 1 aromatic carbocycles. The summed E-state index contributed by atoms with van der Waals surface area (Å²) in [4.78, 5) is 24.7. The predicted octanol–water partition coefficient (Wildman–Crippen LogP) is 1.02. The lowest BCUT2D eigenvalue weighted by Crippen LogP contribution is -2.20. The zero-order chi connectivity index (χ0) is 10.8. The highest BCUT2D eigenvalue weighted by molar-refractivity contribution is 6.00. The molecule has 15 heavy (non-hydrogen) atoms. The number of hydrogen-bond acceptors (Lipinski definition) is 2. The number of amides is 2. The van der Waals surface area contributed by atoms with E-state index in [9.17, 15) is 9.59 Å². The molecule has 0 bridgehead atoms. The molecule has 5 nitrogen and oxygen atoms in total. The zero-order valence-electron chi connectivity index (χ0n) is 7.78. The first-order chi connectivity index (χ1) is 7.18. The average molecular weight is 203 g/mol. The fraction of sp³-hybridized carbons (Fsp3) is 0. The Labute approximate surface area is 84.9 Å². The number of carbonyl (C=O) groups excluding carboxylic acids is 1. The molecule has 0 saturated heterocycles. The predicted molar refractivity (Wildman–Crippen MR) is 57.8 cm³/mol. The van der Waals surface area contributed by atoms with E-state index in [1.165, 1.54) is 6.20 Å². The molecule has 2 rings (SSSR count). The maximum absolute atomic E-state index is 11.4. The summed E-state index contributed by atoms with van der Waals surface area (Å²) in [5, 5.41) is 3.63. The number of aromatic amines is 1. The molecule has 0 aliphatic carbocycles. The standard InChI is InChI=1S/C10H9N3O2/c11-10(15)13-8-5-12-9(14)7-4-2-1-3-6(7)8/h1-5H,(H,12,14)(H3,11,13,15). The van der Waals surface area contributed by atoms with Crippen LogP contribution in [0.1, 0.15) is 0 Å². The summed E-state index contributed by atoms with van der Waals surface area (Å²) in [5.41, 5.74) is 5.32. The van der Waals surface area contributed by atoms with Gasteiger partial charge in [0.1, 0.15) is 0 Å². The number of fused-ring (bicyclic) bond motifs is 1. The fourth-order valence-corrected chi connectivity index (χ4v) is 1.45. The van der Waals surface area contributed by atoms with Gasteiger partial charge in [-0.25, -0.2) is 4.79 Å². The van der Waals surface area contributed by atoms with Crippen molar-refractivity contribution in [2.75, 3.05) is 5.32 Å². The number of carbonyl (C=O) groups is 1. The van der Waals surface area contributed by atoms with Crippen LogP contribution in [0, 0.1) is 0 Å². The average Bonchev–Trinajstić information content (AvgIpc) is 2.22. The summed E-state index contributed by atoms with van der Waals surface area (Å²) >= 11 is 0. The molecule has 0 atom stereocenters. The van der Waals surface area contributed by atoms with Crippen LogP contribution in [0.15, 0.2) is 35.3 Å². The van der Waals surface area contributed by atoms with Gasteiger partial charge in [0.15, 0.2) is 0 Å². The van der Waals surface area contributed by atoms with Crippen LogP contribution in [0.5, 0.6) is 0 Å². The van der Waals surface area contributed by atoms with Gasteiger partial charge in [-0.05, 0) is 6.07 Å². The summed E-state index contributed by atoms with van der Waals surface area (Å²) in [6.07, 6.45) is 1.43. The highest BCUT2D eigenvalue weighted by Crippen LogP contribution is 2.18. The number of urea groups is 1. The second-order valence-corrected chi connectivity index (χ2v) is 3.07. The minimum absolute atomic E-state index is 0.194. The Kier molecular flexibility index (Phi) is 2.13. The van der Waals surface area contributed by atoms with Gasteiger partial charge in [-0.15, -0.1) is 0 Å². The molecule has 76 valence electrons. The molecule has 0 unspecified atom stereocenters. The van der Waals surface area contributed by atoms with Crippen molar-refractivity contribution < 1.29 is 4.79 Å². The summed E-state index contributed by atoms with van der Waals surface area (Å²) < 4.78 is 0. The summed E-state index contributed by atoms with van der Waals surface area (Å²) in [7, 11) is 0. The van der Waals surface area contributed by atoms with Crippen molar-refractivity contribution in [2.45, 2.75) is 0 Å². The minimum Gasteiger partial charge on any atom is -0.351 e. The first-order valence-corrected chi connectivity index (χ1v) is 4.35. The number of H-pyrrole nitrogens is 1. The first-order valence-electron chi connectivity index (χ1n) is 4.35. The second-order valence-electron chi connectivity index (χ2n) is 3.07. The Morgan fingerprint density at radius 3 is 2.60 bits per heavy atom. The molecule has 0 aliphatic heterocycles. The van der Waals surface area contributed by atoms with Crippen molar-refractivity contribution in [1.29, 1.82) is 0 Å². The van der Waals surface area contributed by atoms with E-state index in [-0.39, 0.29) is 5.56 Å². The third-order valence-corrected chi connectivity index (χ3v) is 2.07. The Hall–Kier alpha value is -2.30. The number of aromatic nitrogens is 1. The van der Waals surface area contributed by atoms with E-state index >= 15 is 0 Å². The Morgan fingerprint density at radius 1 is 1.27 bits per heavy atom. The van der Waals surface area contributed by atoms with Gasteiger partial charge in [-0.1, -0.05) is 18.2 Å². The van der Waals surface area contributed by atoms with E-state index < -0.39 is 6.03 Å². The maximum Gasteiger partial charge on any atom is 0.316 e. The van der Waals surface area contributed by atoms with Gasteiger partial charge in [-0.3, -0.25) is 4.79 Å². The number of benzene rings is 1.